The van der Waals surface area contributed by atoms with Gasteiger partial charge in [0.15, 0.2) is 0 Å². The monoisotopic (exact) mass is 182 g/mol. The fraction of sp³-hybridized carbons (Fsp3) is 0.700. The Morgan fingerprint density at radius 1 is 1.58 bits per heavy atom. The van der Waals surface area contributed by atoms with Gasteiger partial charge in [0.05, 0.1) is 5.41 Å². The third-order valence-electron chi connectivity index (χ3n) is 3.82. The number of rotatable bonds is 1. The van der Waals surface area contributed by atoms with Gasteiger partial charge in [0.1, 0.15) is 0 Å². The molecule has 12 heavy (non-hydrogen) atoms. The van der Waals surface area contributed by atoms with Gasteiger partial charge in [0.2, 0.25) is 5.24 Å². The van der Waals surface area contributed by atoms with Crippen molar-refractivity contribution in [2.75, 3.05) is 0 Å². The molecule has 4 rings (SSSR count). The van der Waals surface area contributed by atoms with Crippen LogP contribution in [0.15, 0.2) is 11.6 Å². The lowest BCUT2D eigenvalue weighted by Gasteiger charge is -2.28. The highest BCUT2D eigenvalue weighted by molar-refractivity contribution is 6.65. The topological polar surface area (TPSA) is 17.1 Å². The standard InChI is InChI=1S/C10H11ClO/c11-9(12)10-4-6-1-7(5-10)3-8(10)2-6/h2,6-7H,1,3-5H2. The Labute approximate surface area is 76.8 Å². The third-order valence-corrected chi connectivity index (χ3v) is 4.18. The van der Waals surface area contributed by atoms with Crippen molar-refractivity contribution in [3.63, 3.8) is 0 Å². The number of halogens is 1. The maximum Gasteiger partial charge on any atom is 0.231 e. The van der Waals surface area contributed by atoms with Crippen molar-refractivity contribution < 1.29 is 4.79 Å². The SMILES string of the molecule is O=C(Cl)C12CC3C=C1CC(C3)C2. The van der Waals surface area contributed by atoms with E-state index in [9.17, 15) is 4.79 Å². The van der Waals surface area contributed by atoms with Crippen LogP contribution < -0.4 is 0 Å². The van der Waals surface area contributed by atoms with E-state index in [-0.39, 0.29) is 10.7 Å². The van der Waals surface area contributed by atoms with E-state index < -0.39 is 0 Å². The second kappa shape index (κ2) is 1.95. The van der Waals surface area contributed by atoms with Gasteiger partial charge >= 0.3 is 0 Å². The van der Waals surface area contributed by atoms with Crippen molar-refractivity contribution in [2.45, 2.75) is 25.7 Å². The molecular formula is C10H11ClO. The Morgan fingerprint density at radius 3 is 3.00 bits per heavy atom. The Morgan fingerprint density at radius 2 is 2.42 bits per heavy atom. The molecule has 0 N–H and O–H groups in total. The molecule has 0 aromatic carbocycles. The van der Waals surface area contributed by atoms with Gasteiger partial charge in [-0.2, -0.15) is 0 Å². The van der Waals surface area contributed by atoms with Gasteiger partial charge in [-0.15, -0.1) is 0 Å². The summed E-state index contributed by atoms with van der Waals surface area (Å²) in [6.45, 7) is 0. The Bertz CT molecular complexity index is 294. The molecule has 1 nitrogen and oxygen atoms in total. The first kappa shape index (κ1) is 7.14. The Kier molecular flexibility index (Phi) is 1.16. The zero-order chi connectivity index (χ0) is 8.34. The van der Waals surface area contributed by atoms with E-state index in [2.05, 4.69) is 6.08 Å². The van der Waals surface area contributed by atoms with Gasteiger partial charge in [-0.05, 0) is 49.1 Å². The predicted molar refractivity (Wildman–Crippen MR) is 46.8 cm³/mol. The van der Waals surface area contributed by atoms with Crippen LogP contribution in [0.4, 0.5) is 0 Å². The molecule has 2 heteroatoms. The van der Waals surface area contributed by atoms with E-state index >= 15 is 0 Å². The van der Waals surface area contributed by atoms with Crippen molar-refractivity contribution in [2.24, 2.45) is 17.3 Å². The summed E-state index contributed by atoms with van der Waals surface area (Å²) >= 11 is 5.68. The minimum absolute atomic E-state index is 0.0987. The minimum atomic E-state index is -0.185. The number of carbonyl (C=O) groups excluding carboxylic acids is 1. The third kappa shape index (κ3) is 0.646. The molecule has 0 spiro atoms. The van der Waals surface area contributed by atoms with E-state index in [1.54, 1.807) is 0 Å². The van der Waals surface area contributed by atoms with Crippen LogP contribution in [0.1, 0.15) is 25.7 Å². The van der Waals surface area contributed by atoms with E-state index in [1.807, 2.05) is 0 Å². The summed E-state index contributed by atoms with van der Waals surface area (Å²) in [5.41, 5.74) is 1.18. The van der Waals surface area contributed by atoms with Crippen molar-refractivity contribution in [1.82, 2.24) is 0 Å². The molecule has 4 aliphatic rings. The van der Waals surface area contributed by atoms with Gasteiger partial charge in [-0.3, -0.25) is 4.79 Å². The van der Waals surface area contributed by atoms with Crippen molar-refractivity contribution in [3.8, 4) is 0 Å². The van der Waals surface area contributed by atoms with E-state index in [0.29, 0.717) is 5.92 Å². The van der Waals surface area contributed by atoms with Crippen molar-refractivity contribution in [1.29, 1.82) is 0 Å². The highest BCUT2D eigenvalue weighted by Crippen LogP contribution is 2.62. The maximum absolute atomic E-state index is 11.3. The van der Waals surface area contributed by atoms with E-state index in [4.69, 9.17) is 11.6 Å². The van der Waals surface area contributed by atoms with Crippen LogP contribution in [0.3, 0.4) is 0 Å². The van der Waals surface area contributed by atoms with Crippen LogP contribution in [0.5, 0.6) is 0 Å². The zero-order valence-corrected chi connectivity index (χ0v) is 7.60. The molecule has 0 aliphatic heterocycles. The molecule has 0 aromatic rings. The number of hydrogen-bond acceptors (Lipinski definition) is 1. The van der Waals surface area contributed by atoms with E-state index in [0.717, 1.165) is 25.2 Å². The molecule has 3 unspecified atom stereocenters. The molecule has 64 valence electrons. The van der Waals surface area contributed by atoms with Gasteiger partial charge in [0.25, 0.3) is 0 Å². The maximum atomic E-state index is 11.3. The largest absolute Gasteiger partial charge is 0.280 e. The molecule has 4 aliphatic carbocycles. The molecular weight excluding hydrogens is 172 g/mol. The van der Waals surface area contributed by atoms with Gasteiger partial charge in [0, 0.05) is 0 Å². The molecule has 0 saturated heterocycles. The fourth-order valence-electron chi connectivity index (χ4n) is 3.47. The fourth-order valence-corrected chi connectivity index (χ4v) is 3.74. The molecule has 4 bridgehead atoms. The van der Waals surface area contributed by atoms with Crippen LogP contribution in [0.2, 0.25) is 0 Å². The number of hydrogen-bond donors (Lipinski definition) is 0. The summed E-state index contributed by atoms with van der Waals surface area (Å²) in [7, 11) is 0. The summed E-state index contributed by atoms with van der Waals surface area (Å²) in [6, 6.07) is 0. The van der Waals surface area contributed by atoms with Gasteiger partial charge in [-0.25, -0.2) is 0 Å². The summed E-state index contributed by atoms with van der Waals surface area (Å²) in [6.07, 6.45) is 6.81. The Hall–Kier alpha value is -0.300. The lowest BCUT2D eigenvalue weighted by atomic mass is 9.75. The van der Waals surface area contributed by atoms with Crippen LogP contribution in [0.25, 0.3) is 0 Å². The van der Waals surface area contributed by atoms with Crippen LogP contribution in [-0.4, -0.2) is 5.24 Å². The second-order valence-corrected chi connectivity index (χ2v) is 4.87. The summed E-state index contributed by atoms with van der Waals surface area (Å²) in [5, 5.41) is -0.0987. The molecule has 3 atom stereocenters. The van der Waals surface area contributed by atoms with Crippen LogP contribution >= 0.6 is 11.6 Å². The van der Waals surface area contributed by atoms with Crippen molar-refractivity contribution in [3.05, 3.63) is 11.6 Å². The zero-order valence-electron chi connectivity index (χ0n) is 6.85. The quantitative estimate of drug-likeness (QED) is 0.450. The normalized spacial score (nSPS) is 48.2. The average Bonchev–Trinajstić information content (AvgIpc) is 2.37. The first-order valence-electron chi connectivity index (χ1n) is 4.62. The van der Waals surface area contributed by atoms with Crippen LogP contribution in [-0.2, 0) is 4.79 Å². The lowest BCUT2D eigenvalue weighted by Crippen LogP contribution is -2.28. The molecule has 0 aromatic heterocycles. The lowest BCUT2D eigenvalue weighted by molar-refractivity contribution is -0.119. The summed E-state index contributed by atoms with van der Waals surface area (Å²) in [5.74, 6) is 1.45. The highest BCUT2D eigenvalue weighted by atomic mass is 35.5. The first-order valence-corrected chi connectivity index (χ1v) is 4.99. The Balaban J connectivity index is 2.11. The first-order chi connectivity index (χ1) is 5.71. The second-order valence-electron chi connectivity index (χ2n) is 4.52. The molecule has 0 heterocycles. The molecule has 2 fully saturated rings. The predicted octanol–water partition coefficient (Wildman–Crippen LogP) is 2.50. The van der Waals surface area contributed by atoms with Gasteiger partial charge < -0.3 is 0 Å². The van der Waals surface area contributed by atoms with E-state index in [1.165, 1.54) is 12.0 Å². The molecule has 2 saturated carbocycles. The highest BCUT2D eigenvalue weighted by Gasteiger charge is 2.56. The molecule has 0 radical (unpaired) electrons. The average molecular weight is 183 g/mol. The summed E-state index contributed by atoms with van der Waals surface area (Å²) in [4.78, 5) is 11.3. The van der Waals surface area contributed by atoms with Crippen LogP contribution in [0, 0.1) is 17.3 Å². The smallest absolute Gasteiger partial charge is 0.231 e. The van der Waals surface area contributed by atoms with Gasteiger partial charge in [-0.1, -0.05) is 11.6 Å². The number of allylic oxidation sites excluding steroid dienone is 2. The van der Waals surface area contributed by atoms with Crippen molar-refractivity contribution >= 4 is 16.8 Å². The summed E-state index contributed by atoms with van der Waals surface area (Å²) < 4.78 is 0. The molecule has 0 amide bonds. The minimum Gasteiger partial charge on any atom is -0.280 e. The number of carbonyl (C=O) groups is 1.